The molecule has 9 heavy (non-hydrogen) atoms. The summed E-state index contributed by atoms with van der Waals surface area (Å²) >= 11 is 0. The Bertz CT molecular complexity index is 96.8. The summed E-state index contributed by atoms with van der Waals surface area (Å²) in [4.78, 5) is 18.9. The summed E-state index contributed by atoms with van der Waals surface area (Å²) in [6.45, 7) is -0.796. The topological polar surface area (TPSA) is 83.8 Å². The Morgan fingerprint density at radius 3 is 1.89 bits per heavy atom. The number of aliphatic carboxylic acids is 1. The van der Waals surface area contributed by atoms with Crippen molar-refractivity contribution in [3.05, 3.63) is 0 Å². The van der Waals surface area contributed by atoms with E-state index in [2.05, 4.69) is 4.74 Å². The number of hydrogen-bond donors (Lipinski definition) is 2. The first-order valence-electron chi connectivity index (χ1n) is 1.70. The summed E-state index contributed by atoms with van der Waals surface area (Å²) in [5.74, 6) is -1.30. The van der Waals surface area contributed by atoms with E-state index < -0.39 is 18.7 Å². The van der Waals surface area contributed by atoms with Crippen molar-refractivity contribution >= 4 is 41.7 Å². The molecule has 47 valence electrons. The maximum atomic E-state index is 9.52. The van der Waals surface area contributed by atoms with Crippen molar-refractivity contribution in [2.24, 2.45) is 0 Å². The van der Waals surface area contributed by atoms with Crippen molar-refractivity contribution < 1.29 is 24.5 Å². The minimum atomic E-state index is -1.58. The van der Waals surface area contributed by atoms with Crippen LogP contribution in [0.2, 0.25) is 0 Å². The van der Waals surface area contributed by atoms with E-state index in [9.17, 15) is 9.59 Å². The molecule has 0 heterocycles. The third-order valence-electron chi connectivity index (χ3n) is 0.319. The van der Waals surface area contributed by atoms with Gasteiger partial charge in [-0.1, -0.05) is 0 Å². The van der Waals surface area contributed by atoms with Crippen molar-refractivity contribution in [1.82, 2.24) is 0 Å². The van der Waals surface area contributed by atoms with Crippen LogP contribution >= 0.6 is 0 Å². The molecule has 0 aromatic rings. The van der Waals surface area contributed by atoms with Crippen LogP contribution in [0.15, 0.2) is 0 Å². The van der Waals surface area contributed by atoms with E-state index >= 15 is 0 Å². The van der Waals surface area contributed by atoms with Crippen molar-refractivity contribution in [2.45, 2.75) is 0 Å². The SMILES string of the molecule is O=C(O)COC(=O)O.[Na]. The van der Waals surface area contributed by atoms with Gasteiger partial charge in [0.1, 0.15) is 0 Å². The van der Waals surface area contributed by atoms with E-state index in [1.165, 1.54) is 0 Å². The van der Waals surface area contributed by atoms with Gasteiger partial charge in [0.2, 0.25) is 0 Å². The minimum absolute atomic E-state index is 0. The van der Waals surface area contributed by atoms with E-state index in [-0.39, 0.29) is 29.6 Å². The van der Waals surface area contributed by atoms with Crippen LogP contribution in [0.25, 0.3) is 0 Å². The number of carboxylic acid groups (broad SMARTS) is 2. The fourth-order valence-corrected chi connectivity index (χ4v) is 0.123. The second-order valence-electron chi connectivity index (χ2n) is 0.948. The third kappa shape index (κ3) is 11.4. The predicted octanol–water partition coefficient (Wildman–Crippen LogP) is -0.615. The van der Waals surface area contributed by atoms with E-state index in [0.717, 1.165) is 0 Å². The summed E-state index contributed by atoms with van der Waals surface area (Å²) in [5.41, 5.74) is 0. The summed E-state index contributed by atoms with van der Waals surface area (Å²) in [6, 6.07) is 0. The third-order valence-corrected chi connectivity index (χ3v) is 0.319. The summed E-state index contributed by atoms with van der Waals surface area (Å²) < 4.78 is 3.62. The number of hydrogen-bond acceptors (Lipinski definition) is 3. The molecule has 0 amide bonds. The fourth-order valence-electron chi connectivity index (χ4n) is 0.123. The van der Waals surface area contributed by atoms with Gasteiger partial charge in [0.25, 0.3) is 0 Å². The molecule has 0 rings (SSSR count). The van der Waals surface area contributed by atoms with Crippen molar-refractivity contribution in [3.8, 4) is 0 Å². The van der Waals surface area contributed by atoms with Crippen LogP contribution in [0.4, 0.5) is 4.79 Å². The molecule has 1 radical (unpaired) electrons. The van der Waals surface area contributed by atoms with Crippen LogP contribution in [0, 0.1) is 0 Å². The van der Waals surface area contributed by atoms with Gasteiger partial charge in [0.15, 0.2) is 6.61 Å². The largest absolute Gasteiger partial charge is 0.506 e. The van der Waals surface area contributed by atoms with E-state index in [0.29, 0.717) is 0 Å². The molecule has 0 aromatic carbocycles. The smallest absolute Gasteiger partial charge is 0.479 e. The monoisotopic (exact) mass is 143 g/mol. The second-order valence-corrected chi connectivity index (χ2v) is 0.948. The molecule has 6 heteroatoms. The van der Waals surface area contributed by atoms with Gasteiger partial charge in [-0.2, -0.15) is 0 Å². The molecule has 0 bridgehead atoms. The number of rotatable bonds is 2. The molecular weight excluding hydrogens is 139 g/mol. The maximum absolute atomic E-state index is 9.52. The van der Waals surface area contributed by atoms with Gasteiger partial charge in [-0.05, 0) is 0 Å². The molecule has 0 aromatic heterocycles. The van der Waals surface area contributed by atoms with Crippen LogP contribution in [-0.2, 0) is 9.53 Å². The minimum Gasteiger partial charge on any atom is -0.479 e. The zero-order valence-electron chi connectivity index (χ0n) is 4.83. The van der Waals surface area contributed by atoms with Gasteiger partial charge in [-0.25, -0.2) is 9.59 Å². The average molecular weight is 143 g/mol. The summed E-state index contributed by atoms with van der Waals surface area (Å²) in [6.07, 6.45) is -1.58. The molecule has 0 aliphatic rings. The molecule has 0 fully saturated rings. The molecule has 0 atom stereocenters. The van der Waals surface area contributed by atoms with Gasteiger partial charge in [-0.3, -0.25) is 0 Å². The molecule has 0 spiro atoms. The van der Waals surface area contributed by atoms with Gasteiger partial charge < -0.3 is 14.9 Å². The Labute approximate surface area is 72.9 Å². The molecule has 0 saturated heterocycles. The quantitative estimate of drug-likeness (QED) is 0.397. The van der Waals surface area contributed by atoms with Gasteiger partial charge in [0, 0.05) is 29.6 Å². The summed E-state index contributed by atoms with van der Waals surface area (Å²) in [5, 5.41) is 15.5. The van der Waals surface area contributed by atoms with E-state index in [1.807, 2.05) is 0 Å². The predicted molar refractivity (Wildman–Crippen MR) is 27.4 cm³/mol. The Morgan fingerprint density at radius 2 is 1.78 bits per heavy atom. The van der Waals surface area contributed by atoms with Crippen LogP contribution in [0.1, 0.15) is 0 Å². The van der Waals surface area contributed by atoms with Gasteiger partial charge >= 0.3 is 12.1 Å². The van der Waals surface area contributed by atoms with Crippen LogP contribution in [-0.4, -0.2) is 58.5 Å². The molecule has 0 saturated carbocycles. The fraction of sp³-hybridized carbons (Fsp3) is 0.333. The first-order chi connectivity index (χ1) is 3.63. The van der Waals surface area contributed by atoms with Gasteiger partial charge in [-0.15, -0.1) is 0 Å². The van der Waals surface area contributed by atoms with Gasteiger partial charge in [0.05, 0.1) is 0 Å². The first-order valence-corrected chi connectivity index (χ1v) is 1.70. The number of ether oxygens (including phenoxy) is 1. The van der Waals surface area contributed by atoms with Crippen molar-refractivity contribution in [2.75, 3.05) is 6.61 Å². The Morgan fingerprint density at radius 1 is 1.33 bits per heavy atom. The van der Waals surface area contributed by atoms with Crippen molar-refractivity contribution in [3.63, 3.8) is 0 Å². The Hall–Kier alpha value is -0.260. The van der Waals surface area contributed by atoms with Crippen LogP contribution in [0.3, 0.4) is 0 Å². The molecule has 0 aliphatic carbocycles. The average Bonchev–Trinajstić information content (AvgIpc) is 1.61. The zero-order valence-corrected chi connectivity index (χ0v) is 6.83. The maximum Gasteiger partial charge on any atom is 0.506 e. The summed E-state index contributed by atoms with van der Waals surface area (Å²) in [7, 11) is 0. The van der Waals surface area contributed by atoms with Crippen LogP contribution < -0.4 is 0 Å². The molecule has 0 unspecified atom stereocenters. The number of carboxylic acids is 1. The number of carbonyl (C=O) groups is 2. The molecule has 0 aliphatic heterocycles. The second kappa shape index (κ2) is 5.87. The molecular formula is C3H4NaO5. The first kappa shape index (κ1) is 11.5. The standard InChI is InChI=1S/C3H4O5.Na/c4-2(5)1-8-3(6)7;/h1H2,(H,4,5)(H,6,7);. The van der Waals surface area contributed by atoms with Crippen LogP contribution in [0.5, 0.6) is 0 Å². The molecule has 2 N–H and O–H groups in total. The van der Waals surface area contributed by atoms with E-state index in [4.69, 9.17) is 10.2 Å². The van der Waals surface area contributed by atoms with Crippen molar-refractivity contribution in [1.29, 1.82) is 0 Å². The Balaban J connectivity index is 0. The normalized spacial score (nSPS) is 7.11. The Kier molecular flexibility index (Phi) is 7.52. The molecule has 5 nitrogen and oxygen atoms in total. The van der Waals surface area contributed by atoms with E-state index in [1.54, 1.807) is 0 Å². The zero-order chi connectivity index (χ0) is 6.57.